The number of piperazine rings is 1. The Labute approximate surface area is 232 Å². The van der Waals surface area contributed by atoms with Crippen LogP contribution in [-0.2, 0) is 18.4 Å². The number of amides is 1. The second kappa shape index (κ2) is 11.4. The van der Waals surface area contributed by atoms with Gasteiger partial charge in [-0.25, -0.2) is 4.98 Å². The molecular weight excluding hydrogens is 514 g/mol. The molecule has 2 aromatic carbocycles. The third kappa shape index (κ3) is 6.21. The van der Waals surface area contributed by atoms with Crippen molar-refractivity contribution in [1.82, 2.24) is 24.3 Å². The summed E-state index contributed by atoms with van der Waals surface area (Å²) < 4.78 is 1.57. The predicted molar refractivity (Wildman–Crippen MR) is 156 cm³/mol. The molecule has 1 amide bonds. The number of aromatic nitrogens is 3. The van der Waals surface area contributed by atoms with Gasteiger partial charge in [0.2, 0.25) is 17.4 Å². The first kappa shape index (κ1) is 26.6. The van der Waals surface area contributed by atoms with Crippen LogP contribution in [0, 0.1) is 0 Å². The molecular formula is C29H32ClN7O2. The van der Waals surface area contributed by atoms with Crippen molar-refractivity contribution in [2.24, 2.45) is 7.05 Å². The Hall–Kier alpha value is -3.95. The molecule has 0 unspecified atom stereocenters. The van der Waals surface area contributed by atoms with Crippen molar-refractivity contribution in [2.75, 3.05) is 57.0 Å². The fourth-order valence-electron chi connectivity index (χ4n) is 4.61. The average Bonchev–Trinajstić information content (AvgIpc) is 2.93. The number of rotatable bonds is 7. The fourth-order valence-corrected chi connectivity index (χ4v) is 4.82. The van der Waals surface area contributed by atoms with Gasteiger partial charge in [-0.15, -0.1) is 0 Å². The molecule has 3 heterocycles. The Kier molecular flexibility index (Phi) is 7.81. The van der Waals surface area contributed by atoms with Gasteiger partial charge < -0.3 is 19.7 Å². The van der Waals surface area contributed by atoms with Crippen LogP contribution in [0.2, 0.25) is 5.02 Å². The van der Waals surface area contributed by atoms with E-state index in [0.29, 0.717) is 24.1 Å². The number of fused-ring (bicyclic) bond motifs is 1. The minimum absolute atomic E-state index is 0.0532. The lowest BCUT2D eigenvalue weighted by Gasteiger charge is -2.35. The van der Waals surface area contributed by atoms with Crippen LogP contribution in [0.15, 0.2) is 65.6 Å². The summed E-state index contributed by atoms with van der Waals surface area (Å²) in [6, 6.07) is 17.2. The number of nitrogens with one attached hydrogen (secondary N) is 1. The second-order valence-corrected chi connectivity index (χ2v) is 10.4. The van der Waals surface area contributed by atoms with E-state index in [1.54, 1.807) is 36.7 Å². The highest BCUT2D eigenvalue weighted by Gasteiger charge is 2.22. The van der Waals surface area contributed by atoms with E-state index in [-0.39, 0.29) is 11.5 Å². The van der Waals surface area contributed by atoms with E-state index in [9.17, 15) is 9.59 Å². The van der Waals surface area contributed by atoms with Gasteiger partial charge in [-0.3, -0.25) is 14.5 Å². The molecule has 4 aromatic rings. The van der Waals surface area contributed by atoms with Crippen LogP contribution in [-0.4, -0.2) is 77.1 Å². The summed E-state index contributed by atoms with van der Waals surface area (Å²) in [7, 11) is 5.31. The summed E-state index contributed by atoms with van der Waals surface area (Å²) in [5, 5.41) is 5.08. The largest absolute Gasteiger partial charge is 0.365 e. The van der Waals surface area contributed by atoms with Crippen molar-refractivity contribution in [1.29, 1.82) is 0 Å². The summed E-state index contributed by atoms with van der Waals surface area (Å²) in [6.07, 6.45) is 1.83. The molecule has 2 aromatic heterocycles. The number of benzene rings is 2. The van der Waals surface area contributed by atoms with Crippen LogP contribution in [0.25, 0.3) is 22.0 Å². The SMILES string of the molecule is CN(C)C(=O)CN1CCN(c2nc(NCc3cccc(Cl)c3)c3cc(-c4ccc(=O)n(C)c4)ccc3n2)CC1. The molecule has 1 N–H and O–H groups in total. The van der Waals surface area contributed by atoms with E-state index >= 15 is 0 Å². The average molecular weight is 546 g/mol. The Balaban J connectivity index is 1.46. The zero-order valence-corrected chi connectivity index (χ0v) is 23.1. The standard InChI is InChI=1S/C29H32ClN7O2/c1-34(2)27(39)19-36-11-13-37(14-12-36)29-32-25-9-7-21(22-8-10-26(38)35(3)18-22)16-24(25)28(33-29)31-17-20-5-4-6-23(30)15-20/h4-10,15-16,18H,11-14,17,19H2,1-3H3,(H,31,32,33). The van der Waals surface area contributed by atoms with Crippen LogP contribution in [0.1, 0.15) is 5.56 Å². The number of halogens is 1. The third-order valence-electron chi connectivity index (χ3n) is 6.96. The van der Waals surface area contributed by atoms with Crippen molar-refractivity contribution in [3.63, 3.8) is 0 Å². The van der Waals surface area contributed by atoms with Gasteiger partial charge in [0.1, 0.15) is 5.82 Å². The molecule has 9 nitrogen and oxygen atoms in total. The summed E-state index contributed by atoms with van der Waals surface area (Å²) in [6.45, 7) is 3.96. The normalized spacial score (nSPS) is 14.0. The van der Waals surface area contributed by atoms with Crippen LogP contribution >= 0.6 is 11.6 Å². The Bertz CT molecular complexity index is 1560. The number of carbonyl (C=O) groups is 1. The zero-order chi connectivity index (χ0) is 27.5. The van der Waals surface area contributed by atoms with E-state index in [1.165, 1.54) is 0 Å². The molecule has 202 valence electrons. The van der Waals surface area contributed by atoms with Crippen molar-refractivity contribution < 1.29 is 4.79 Å². The molecule has 10 heteroatoms. The highest BCUT2D eigenvalue weighted by Crippen LogP contribution is 2.29. The van der Waals surface area contributed by atoms with Crippen LogP contribution in [0.3, 0.4) is 0 Å². The van der Waals surface area contributed by atoms with E-state index in [4.69, 9.17) is 21.6 Å². The highest BCUT2D eigenvalue weighted by molar-refractivity contribution is 6.30. The lowest BCUT2D eigenvalue weighted by molar-refractivity contribution is -0.129. The van der Waals surface area contributed by atoms with Gasteiger partial charge in [0.15, 0.2) is 0 Å². The monoisotopic (exact) mass is 545 g/mol. The van der Waals surface area contributed by atoms with Gasteiger partial charge >= 0.3 is 0 Å². The summed E-state index contributed by atoms with van der Waals surface area (Å²) in [4.78, 5) is 39.9. The fraction of sp³-hybridized carbons (Fsp3) is 0.310. The molecule has 0 bridgehead atoms. The van der Waals surface area contributed by atoms with Crippen LogP contribution in [0.5, 0.6) is 0 Å². The minimum Gasteiger partial charge on any atom is -0.365 e. The molecule has 1 aliphatic heterocycles. The maximum atomic E-state index is 12.1. The first-order chi connectivity index (χ1) is 18.8. The van der Waals surface area contributed by atoms with E-state index in [2.05, 4.69) is 21.2 Å². The Morgan fingerprint density at radius 1 is 1.00 bits per heavy atom. The summed E-state index contributed by atoms with van der Waals surface area (Å²) >= 11 is 6.21. The number of aryl methyl sites for hydroxylation is 1. The Morgan fingerprint density at radius 3 is 2.49 bits per heavy atom. The zero-order valence-electron chi connectivity index (χ0n) is 22.4. The van der Waals surface area contributed by atoms with Gasteiger partial charge in [0.05, 0.1) is 12.1 Å². The molecule has 0 spiro atoms. The number of anilines is 2. The molecule has 0 aliphatic carbocycles. The quantitative estimate of drug-likeness (QED) is 0.380. The molecule has 1 aliphatic rings. The van der Waals surface area contributed by atoms with Crippen molar-refractivity contribution >= 4 is 40.2 Å². The number of nitrogens with zero attached hydrogens (tertiary/aromatic N) is 6. The van der Waals surface area contributed by atoms with Crippen LogP contribution in [0.4, 0.5) is 11.8 Å². The molecule has 39 heavy (non-hydrogen) atoms. The number of hydrogen-bond acceptors (Lipinski definition) is 7. The first-order valence-electron chi connectivity index (χ1n) is 12.9. The van der Waals surface area contributed by atoms with Gasteiger partial charge in [-0.05, 0) is 47.0 Å². The number of likely N-dealkylation sites (N-methyl/N-ethyl adjacent to an activating group) is 1. The second-order valence-electron chi connectivity index (χ2n) is 10.0. The molecule has 0 radical (unpaired) electrons. The molecule has 1 fully saturated rings. The van der Waals surface area contributed by atoms with Gasteiger partial charge in [-0.1, -0.05) is 29.8 Å². The van der Waals surface area contributed by atoms with E-state index < -0.39 is 0 Å². The third-order valence-corrected chi connectivity index (χ3v) is 7.20. The maximum Gasteiger partial charge on any atom is 0.250 e. The van der Waals surface area contributed by atoms with Crippen LogP contribution < -0.4 is 15.8 Å². The summed E-state index contributed by atoms with van der Waals surface area (Å²) in [5.41, 5.74) is 3.73. The lowest BCUT2D eigenvalue weighted by atomic mass is 10.0. The smallest absolute Gasteiger partial charge is 0.250 e. The van der Waals surface area contributed by atoms with Gasteiger partial charge in [0.25, 0.3) is 0 Å². The number of hydrogen-bond donors (Lipinski definition) is 1. The van der Waals surface area contributed by atoms with Gasteiger partial charge in [0, 0.05) is 76.5 Å². The maximum absolute atomic E-state index is 12.1. The van der Waals surface area contributed by atoms with Crippen molar-refractivity contribution in [2.45, 2.75) is 6.54 Å². The highest BCUT2D eigenvalue weighted by atomic mass is 35.5. The van der Waals surface area contributed by atoms with E-state index in [1.807, 2.05) is 48.7 Å². The molecule has 0 saturated carbocycles. The minimum atomic E-state index is -0.0532. The Morgan fingerprint density at radius 2 is 1.77 bits per heavy atom. The molecule has 5 rings (SSSR count). The summed E-state index contributed by atoms with van der Waals surface area (Å²) in [5.74, 6) is 1.49. The van der Waals surface area contributed by atoms with Crippen molar-refractivity contribution in [3.8, 4) is 11.1 Å². The van der Waals surface area contributed by atoms with E-state index in [0.717, 1.165) is 59.6 Å². The molecule has 0 atom stereocenters. The van der Waals surface area contributed by atoms with Gasteiger partial charge in [-0.2, -0.15) is 4.98 Å². The molecule has 1 saturated heterocycles. The lowest BCUT2D eigenvalue weighted by Crippen LogP contribution is -2.49. The predicted octanol–water partition coefficient (Wildman–Crippen LogP) is 3.47. The number of pyridine rings is 1. The topological polar surface area (TPSA) is 86.6 Å². The number of carbonyl (C=O) groups excluding carboxylic acids is 1. The van der Waals surface area contributed by atoms with Crippen molar-refractivity contribution in [3.05, 3.63) is 81.7 Å². The first-order valence-corrected chi connectivity index (χ1v) is 13.3.